The molecule has 1 aromatic heterocycles. The van der Waals surface area contributed by atoms with Crippen molar-refractivity contribution < 1.29 is 4.74 Å². The summed E-state index contributed by atoms with van der Waals surface area (Å²) in [5.41, 5.74) is 1.23. The van der Waals surface area contributed by atoms with Gasteiger partial charge in [-0.25, -0.2) is 0 Å². The zero-order valence-electron chi connectivity index (χ0n) is 16.6. The second-order valence-corrected chi connectivity index (χ2v) is 8.32. The minimum absolute atomic E-state index is 0.130. The van der Waals surface area contributed by atoms with E-state index in [0.717, 1.165) is 37.9 Å². The number of ether oxygens (including phenoxy) is 1. The number of nitrogens with one attached hydrogen (secondary N) is 1. The number of halogens is 1. The predicted molar refractivity (Wildman–Crippen MR) is 122 cm³/mol. The van der Waals surface area contributed by atoms with Gasteiger partial charge >= 0.3 is 0 Å². The van der Waals surface area contributed by atoms with E-state index in [4.69, 9.17) is 16.3 Å². The number of rotatable bonds is 4. The number of pyridine rings is 1. The fourth-order valence-electron chi connectivity index (χ4n) is 4.31. The standard InChI is InChI=1S/C25H23ClN2O2/c26-23-15-22-18(8-11-27-25(22)29)14-24(23)30-20-9-12-28(13-10-20)16-19-6-3-5-17-4-1-2-7-21(17)19/h1-8,11,14-15,20H,9-10,12-13,16H2,(H,27,29). The van der Waals surface area contributed by atoms with Crippen molar-refractivity contribution in [2.24, 2.45) is 0 Å². The summed E-state index contributed by atoms with van der Waals surface area (Å²) >= 11 is 6.40. The Morgan fingerprint density at radius 3 is 2.63 bits per heavy atom. The van der Waals surface area contributed by atoms with Crippen molar-refractivity contribution in [1.82, 2.24) is 9.88 Å². The molecule has 4 nitrogen and oxygen atoms in total. The quantitative estimate of drug-likeness (QED) is 0.484. The number of nitrogens with zero attached hydrogens (tertiary/aromatic N) is 1. The van der Waals surface area contributed by atoms with Gasteiger partial charge in [0.25, 0.3) is 5.56 Å². The lowest BCUT2D eigenvalue weighted by Gasteiger charge is -2.32. The molecule has 5 rings (SSSR count). The molecule has 0 amide bonds. The van der Waals surface area contributed by atoms with Gasteiger partial charge in [0.05, 0.1) is 5.02 Å². The number of likely N-dealkylation sites (tertiary alicyclic amines) is 1. The summed E-state index contributed by atoms with van der Waals surface area (Å²) in [6.07, 6.45) is 3.68. The minimum Gasteiger partial charge on any atom is -0.489 e. The van der Waals surface area contributed by atoms with Gasteiger partial charge in [-0.2, -0.15) is 0 Å². The third-order valence-corrected chi connectivity index (χ3v) is 6.22. The van der Waals surface area contributed by atoms with E-state index in [1.807, 2.05) is 12.1 Å². The van der Waals surface area contributed by atoms with Crippen LogP contribution in [0.3, 0.4) is 0 Å². The highest BCUT2D eigenvalue weighted by Gasteiger charge is 2.22. The fourth-order valence-corrected chi connectivity index (χ4v) is 4.52. The van der Waals surface area contributed by atoms with Gasteiger partial charge in [0, 0.05) is 31.2 Å². The number of piperidine rings is 1. The van der Waals surface area contributed by atoms with Crippen molar-refractivity contribution in [3.8, 4) is 5.75 Å². The van der Waals surface area contributed by atoms with Gasteiger partial charge in [-0.15, -0.1) is 0 Å². The van der Waals surface area contributed by atoms with Crippen LogP contribution >= 0.6 is 11.6 Å². The summed E-state index contributed by atoms with van der Waals surface area (Å²) in [5, 5.41) is 4.53. The Morgan fingerprint density at radius 1 is 0.967 bits per heavy atom. The molecule has 0 radical (unpaired) electrons. The number of benzene rings is 3. The van der Waals surface area contributed by atoms with Gasteiger partial charge in [0.2, 0.25) is 0 Å². The van der Waals surface area contributed by atoms with E-state index in [1.165, 1.54) is 16.3 Å². The Bertz CT molecular complexity index is 1250. The monoisotopic (exact) mass is 418 g/mol. The molecule has 30 heavy (non-hydrogen) atoms. The van der Waals surface area contributed by atoms with Crippen LogP contribution in [-0.2, 0) is 6.54 Å². The number of fused-ring (bicyclic) bond motifs is 2. The van der Waals surface area contributed by atoms with Crippen molar-refractivity contribution in [3.63, 3.8) is 0 Å². The molecule has 152 valence electrons. The predicted octanol–water partition coefficient (Wildman–Crippen LogP) is 5.38. The summed E-state index contributed by atoms with van der Waals surface area (Å²) in [7, 11) is 0. The third kappa shape index (κ3) is 3.81. The summed E-state index contributed by atoms with van der Waals surface area (Å²) in [4.78, 5) is 17.1. The molecular formula is C25H23ClN2O2. The molecule has 2 heterocycles. The van der Waals surface area contributed by atoms with Crippen LogP contribution in [0.2, 0.25) is 5.02 Å². The molecule has 0 unspecified atom stereocenters. The van der Waals surface area contributed by atoms with E-state index >= 15 is 0 Å². The summed E-state index contributed by atoms with van der Waals surface area (Å²) in [6, 6.07) is 20.5. The molecule has 3 aromatic carbocycles. The zero-order valence-corrected chi connectivity index (χ0v) is 17.4. The van der Waals surface area contributed by atoms with Crippen LogP contribution in [0.1, 0.15) is 18.4 Å². The Kier molecular flexibility index (Phi) is 5.19. The van der Waals surface area contributed by atoms with Crippen LogP contribution in [0.25, 0.3) is 21.5 Å². The Labute approximate surface area is 180 Å². The van der Waals surface area contributed by atoms with E-state index in [9.17, 15) is 4.79 Å². The Morgan fingerprint density at radius 2 is 1.77 bits per heavy atom. The van der Waals surface area contributed by atoms with Crippen molar-refractivity contribution in [2.75, 3.05) is 13.1 Å². The molecular weight excluding hydrogens is 396 g/mol. The molecule has 0 saturated carbocycles. The van der Waals surface area contributed by atoms with Crippen LogP contribution in [-0.4, -0.2) is 29.1 Å². The maximum absolute atomic E-state index is 11.9. The van der Waals surface area contributed by atoms with Crippen molar-refractivity contribution >= 4 is 33.1 Å². The average molecular weight is 419 g/mol. The number of aromatic nitrogens is 1. The molecule has 0 spiro atoms. The average Bonchev–Trinajstić information content (AvgIpc) is 2.77. The molecule has 4 aromatic rings. The SMILES string of the molecule is O=c1[nH]ccc2cc(OC3CCN(Cc4cccc5ccccc45)CC3)c(Cl)cc12. The Balaban J connectivity index is 1.26. The van der Waals surface area contributed by atoms with Crippen LogP contribution in [0.5, 0.6) is 5.75 Å². The van der Waals surface area contributed by atoms with Gasteiger partial charge in [-0.3, -0.25) is 9.69 Å². The minimum atomic E-state index is -0.136. The zero-order chi connectivity index (χ0) is 20.5. The second kappa shape index (κ2) is 8.13. The third-order valence-electron chi connectivity index (χ3n) is 5.93. The largest absolute Gasteiger partial charge is 0.489 e. The van der Waals surface area contributed by atoms with Crippen molar-refractivity contribution in [1.29, 1.82) is 0 Å². The van der Waals surface area contributed by atoms with Crippen LogP contribution in [0.4, 0.5) is 0 Å². The van der Waals surface area contributed by atoms with Crippen molar-refractivity contribution in [2.45, 2.75) is 25.5 Å². The molecule has 1 N–H and O–H groups in total. The second-order valence-electron chi connectivity index (χ2n) is 7.91. The van der Waals surface area contributed by atoms with E-state index in [-0.39, 0.29) is 11.7 Å². The first kappa shape index (κ1) is 19.2. The lowest BCUT2D eigenvalue weighted by Crippen LogP contribution is -2.37. The van der Waals surface area contributed by atoms with Gasteiger partial charge in [0.1, 0.15) is 11.9 Å². The van der Waals surface area contributed by atoms with Crippen LogP contribution in [0, 0.1) is 0 Å². The summed E-state index contributed by atoms with van der Waals surface area (Å²) in [5.74, 6) is 0.655. The normalized spacial score (nSPS) is 15.6. The Hall–Kier alpha value is -2.82. The van der Waals surface area contributed by atoms with E-state index in [0.29, 0.717) is 16.2 Å². The number of H-pyrrole nitrogens is 1. The molecule has 0 aliphatic carbocycles. The fraction of sp³-hybridized carbons (Fsp3) is 0.240. The first-order valence-electron chi connectivity index (χ1n) is 10.3. The lowest BCUT2D eigenvalue weighted by atomic mass is 10.0. The number of hydrogen-bond donors (Lipinski definition) is 1. The summed E-state index contributed by atoms with van der Waals surface area (Å²) < 4.78 is 6.23. The number of aromatic amines is 1. The van der Waals surface area contributed by atoms with Gasteiger partial charge in [-0.1, -0.05) is 54.1 Å². The first-order valence-corrected chi connectivity index (χ1v) is 10.7. The van der Waals surface area contributed by atoms with E-state index in [2.05, 4.69) is 52.3 Å². The first-order chi connectivity index (χ1) is 14.7. The van der Waals surface area contributed by atoms with Gasteiger partial charge in [-0.05, 0) is 52.8 Å². The van der Waals surface area contributed by atoms with Crippen molar-refractivity contribution in [3.05, 3.63) is 87.8 Å². The maximum Gasteiger partial charge on any atom is 0.255 e. The highest BCUT2D eigenvalue weighted by molar-refractivity contribution is 6.32. The lowest BCUT2D eigenvalue weighted by molar-refractivity contribution is 0.0972. The van der Waals surface area contributed by atoms with Gasteiger partial charge < -0.3 is 9.72 Å². The maximum atomic E-state index is 11.9. The topological polar surface area (TPSA) is 45.3 Å². The van der Waals surface area contributed by atoms with Crippen LogP contribution < -0.4 is 10.3 Å². The molecule has 0 atom stereocenters. The van der Waals surface area contributed by atoms with Crippen LogP contribution in [0.15, 0.2) is 71.7 Å². The molecule has 1 aliphatic rings. The van der Waals surface area contributed by atoms with Gasteiger partial charge in [0.15, 0.2) is 0 Å². The highest BCUT2D eigenvalue weighted by Crippen LogP contribution is 2.31. The molecule has 1 aliphatic heterocycles. The number of hydrogen-bond acceptors (Lipinski definition) is 3. The highest BCUT2D eigenvalue weighted by atomic mass is 35.5. The van der Waals surface area contributed by atoms with E-state index < -0.39 is 0 Å². The molecule has 5 heteroatoms. The molecule has 0 bridgehead atoms. The van der Waals surface area contributed by atoms with E-state index in [1.54, 1.807) is 12.3 Å². The molecule has 1 saturated heterocycles. The smallest absolute Gasteiger partial charge is 0.255 e. The summed E-state index contributed by atoms with van der Waals surface area (Å²) in [6.45, 7) is 2.92. The molecule has 1 fully saturated rings.